The van der Waals surface area contributed by atoms with Crippen LogP contribution in [0.1, 0.15) is 24.0 Å². The Morgan fingerprint density at radius 2 is 1.82 bits per heavy atom. The minimum atomic E-state index is -1.26. The summed E-state index contributed by atoms with van der Waals surface area (Å²) in [4.78, 5) is 38.3. The maximum Gasteiger partial charge on any atom is 0.328 e. The Morgan fingerprint density at radius 1 is 1.21 bits per heavy atom. The number of terminal acetylenes is 1. The lowest BCUT2D eigenvalue weighted by Crippen LogP contribution is -2.32. The fourth-order valence-corrected chi connectivity index (χ4v) is 4.08. The van der Waals surface area contributed by atoms with E-state index in [1.165, 1.54) is 17.3 Å². The van der Waals surface area contributed by atoms with E-state index in [0.717, 1.165) is 37.4 Å². The second-order valence-electron chi connectivity index (χ2n) is 7.35. The predicted octanol–water partition coefficient (Wildman–Crippen LogP) is 2.85. The number of nitriles is 1. The summed E-state index contributed by atoms with van der Waals surface area (Å²) >= 11 is 1.20. The van der Waals surface area contributed by atoms with Gasteiger partial charge in [-0.1, -0.05) is 24.1 Å². The normalized spacial score (nSPS) is 18.7. The highest BCUT2D eigenvalue weighted by molar-refractivity contribution is 8.18. The summed E-state index contributed by atoms with van der Waals surface area (Å²) in [5, 5.41) is 27.2. The quantitative estimate of drug-likeness (QED) is 0.417. The van der Waals surface area contributed by atoms with Crippen molar-refractivity contribution in [1.29, 1.82) is 5.26 Å². The van der Waals surface area contributed by atoms with Gasteiger partial charge in [0.1, 0.15) is 12.4 Å². The number of thioether (sulfide) groups is 1. The molecule has 2 saturated heterocycles. The Labute approximate surface area is 201 Å². The number of carboxylic acids is 2. The topological polar surface area (TPSA) is 143 Å². The second kappa shape index (κ2) is 13.6. The van der Waals surface area contributed by atoms with Gasteiger partial charge in [-0.05, 0) is 61.3 Å². The molecular formula is C24H24N4O5S. The Balaban J connectivity index is 0.000000440. The molecule has 0 unspecified atom stereocenters. The molecule has 0 spiro atoms. The average molecular weight is 481 g/mol. The van der Waals surface area contributed by atoms with Crippen molar-refractivity contribution in [1.82, 2.24) is 10.2 Å². The van der Waals surface area contributed by atoms with Crippen molar-refractivity contribution >= 4 is 34.8 Å². The minimum absolute atomic E-state index is 0.0923. The van der Waals surface area contributed by atoms with Gasteiger partial charge < -0.3 is 15.5 Å². The molecule has 3 N–H and O–H groups in total. The van der Waals surface area contributed by atoms with Gasteiger partial charge >= 0.3 is 11.9 Å². The number of carbonyl (C=O) groups excluding carboxylic acids is 1. The van der Waals surface area contributed by atoms with Crippen LogP contribution >= 0.6 is 11.8 Å². The fraction of sp³-hybridized carbons (Fsp3) is 0.292. The largest absolute Gasteiger partial charge is 0.478 e. The highest BCUT2D eigenvalue weighted by atomic mass is 32.2. The predicted molar refractivity (Wildman–Crippen MR) is 129 cm³/mol. The molecule has 1 aromatic rings. The number of nitrogens with zero attached hydrogens (tertiary/aromatic N) is 3. The highest BCUT2D eigenvalue weighted by Crippen LogP contribution is 2.29. The van der Waals surface area contributed by atoms with E-state index in [1.807, 2.05) is 24.3 Å². The van der Waals surface area contributed by atoms with Gasteiger partial charge in [0, 0.05) is 18.7 Å². The number of piperidine rings is 1. The molecule has 2 aliphatic heterocycles. The molecule has 0 aromatic heterocycles. The number of amidine groups is 1. The number of amides is 1. The standard InChI is InChI=1S/C20H20N4OS.C4H4O4/c1-2-9-22-19-18(26-20(25)23-19)12-15-7-10-24(11-8-15)14-17-5-3-16(13-21)4-6-17;5-3(6)1-2-4(7)8/h1,3-6,12,15H,7-11,14H2,(H,22,23,25);1-2H,(H,5,6)(H,7,8). The van der Waals surface area contributed by atoms with Gasteiger partial charge in [-0.15, -0.1) is 6.42 Å². The first-order valence-corrected chi connectivity index (χ1v) is 11.2. The average Bonchev–Trinajstić information content (AvgIpc) is 3.17. The molecule has 10 heteroatoms. The van der Waals surface area contributed by atoms with Crippen LogP contribution in [0.4, 0.5) is 4.79 Å². The Morgan fingerprint density at radius 3 is 2.35 bits per heavy atom. The van der Waals surface area contributed by atoms with E-state index >= 15 is 0 Å². The lowest BCUT2D eigenvalue weighted by atomic mass is 9.95. The number of hydrogen-bond donors (Lipinski definition) is 3. The summed E-state index contributed by atoms with van der Waals surface area (Å²) in [7, 11) is 0. The van der Waals surface area contributed by atoms with E-state index in [4.69, 9.17) is 21.9 Å². The molecule has 2 aliphatic rings. The molecule has 0 saturated carbocycles. The molecule has 0 bridgehead atoms. The van der Waals surface area contributed by atoms with E-state index in [0.29, 0.717) is 29.5 Å². The summed E-state index contributed by atoms with van der Waals surface area (Å²) in [6.07, 6.45) is 10.6. The van der Waals surface area contributed by atoms with Crippen molar-refractivity contribution in [3.05, 3.63) is 58.5 Å². The number of allylic oxidation sites excluding steroid dienone is 1. The van der Waals surface area contributed by atoms with Crippen molar-refractivity contribution in [2.45, 2.75) is 19.4 Å². The van der Waals surface area contributed by atoms with Crippen LogP contribution < -0.4 is 5.32 Å². The zero-order chi connectivity index (χ0) is 24.9. The van der Waals surface area contributed by atoms with Crippen molar-refractivity contribution in [2.75, 3.05) is 19.6 Å². The number of carbonyl (C=O) groups is 3. The van der Waals surface area contributed by atoms with Crippen molar-refractivity contribution in [2.24, 2.45) is 10.9 Å². The number of likely N-dealkylation sites (tertiary alicyclic amines) is 1. The van der Waals surface area contributed by atoms with E-state index in [-0.39, 0.29) is 11.8 Å². The third-order valence-electron chi connectivity index (χ3n) is 4.86. The van der Waals surface area contributed by atoms with Crippen LogP contribution in [-0.2, 0) is 16.1 Å². The number of rotatable bonds is 6. The van der Waals surface area contributed by atoms with Gasteiger partial charge in [0.05, 0.1) is 16.5 Å². The maximum atomic E-state index is 11.6. The van der Waals surface area contributed by atoms with Gasteiger partial charge in [0.25, 0.3) is 5.24 Å². The van der Waals surface area contributed by atoms with E-state index in [1.54, 1.807) is 0 Å². The van der Waals surface area contributed by atoms with Crippen molar-refractivity contribution in [3.8, 4) is 18.4 Å². The van der Waals surface area contributed by atoms with E-state index < -0.39 is 11.9 Å². The molecule has 0 aliphatic carbocycles. The van der Waals surface area contributed by atoms with Gasteiger partial charge in [-0.3, -0.25) is 14.7 Å². The number of carboxylic acid groups (broad SMARTS) is 2. The van der Waals surface area contributed by atoms with Crippen molar-refractivity contribution in [3.63, 3.8) is 0 Å². The minimum Gasteiger partial charge on any atom is -0.478 e. The highest BCUT2D eigenvalue weighted by Gasteiger charge is 2.26. The summed E-state index contributed by atoms with van der Waals surface area (Å²) in [5.41, 5.74) is 1.92. The Hall–Kier alpha value is -3.86. The number of aliphatic imine (C=N–C) groups is 1. The first kappa shape index (κ1) is 26.4. The Bertz CT molecular complexity index is 1060. The molecule has 0 radical (unpaired) electrons. The van der Waals surface area contributed by atoms with Gasteiger partial charge in [0.2, 0.25) is 0 Å². The Kier molecular flexibility index (Phi) is 10.6. The first-order chi connectivity index (χ1) is 16.3. The number of hydrogen-bond acceptors (Lipinski definition) is 7. The van der Waals surface area contributed by atoms with Gasteiger partial charge in [0.15, 0.2) is 0 Å². The zero-order valence-corrected chi connectivity index (χ0v) is 19.1. The summed E-state index contributed by atoms with van der Waals surface area (Å²) < 4.78 is 0. The first-order valence-electron chi connectivity index (χ1n) is 10.3. The summed E-state index contributed by atoms with van der Waals surface area (Å²) in [5.74, 6) is 1.01. The third kappa shape index (κ3) is 9.33. The van der Waals surface area contributed by atoms with Crippen LogP contribution in [0, 0.1) is 29.6 Å². The lowest BCUT2D eigenvalue weighted by Gasteiger charge is -2.30. The van der Waals surface area contributed by atoms with Crippen molar-refractivity contribution < 1.29 is 24.6 Å². The SMILES string of the molecule is C#CCN=C1NC(=O)SC1=CC1CCN(Cc2ccc(C#N)cc2)CC1.O=C(O)C=CC(=O)O. The van der Waals surface area contributed by atoms with Crippen LogP contribution in [0.2, 0.25) is 0 Å². The second-order valence-corrected chi connectivity index (χ2v) is 8.36. The summed E-state index contributed by atoms with van der Waals surface area (Å²) in [6.45, 7) is 3.20. The van der Waals surface area contributed by atoms with Crippen LogP contribution in [0.15, 0.2) is 52.4 Å². The molecule has 1 aromatic carbocycles. The molecule has 9 nitrogen and oxygen atoms in total. The van der Waals surface area contributed by atoms with Crippen LogP contribution in [0.5, 0.6) is 0 Å². The van der Waals surface area contributed by atoms with Crippen LogP contribution in [0.25, 0.3) is 0 Å². The smallest absolute Gasteiger partial charge is 0.328 e. The van der Waals surface area contributed by atoms with E-state index in [9.17, 15) is 14.4 Å². The molecule has 176 valence electrons. The third-order valence-corrected chi connectivity index (χ3v) is 5.70. The van der Waals surface area contributed by atoms with Gasteiger partial charge in [-0.25, -0.2) is 9.59 Å². The zero-order valence-electron chi connectivity index (χ0n) is 18.3. The summed E-state index contributed by atoms with van der Waals surface area (Å²) in [6, 6.07) is 9.92. The number of aliphatic carboxylic acids is 2. The molecule has 2 fully saturated rings. The number of benzene rings is 1. The molecule has 3 rings (SSSR count). The van der Waals surface area contributed by atoms with E-state index in [2.05, 4.69) is 33.3 Å². The van der Waals surface area contributed by atoms with Gasteiger partial charge in [-0.2, -0.15) is 5.26 Å². The lowest BCUT2D eigenvalue weighted by molar-refractivity contribution is -0.134. The maximum absolute atomic E-state index is 11.6. The molecule has 0 atom stereocenters. The van der Waals surface area contributed by atoms with Crippen LogP contribution in [-0.4, -0.2) is 57.8 Å². The monoisotopic (exact) mass is 480 g/mol. The fourth-order valence-electron chi connectivity index (χ4n) is 3.26. The van der Waals surface area contributed by atoms with Crippen LogP contribution in [0.3, 0.4) is 0 Å². The molecule has 1 amide bonds. The molecule has 34 heavy (non-hydrogen) atoms. The molecule has 2 heterocycles. The number of nitrogens with one attached hydrogen (secondary N) is 1. The molecular weight excluding hydrogens is 456 g/mol.